The van der Waals surface area contributed by atoms with Crippen LogP contribution in [-0.2, 0) is 10.0 Å². The van der Waals surface area contributed by atoms with Crippen molar-refractivity contribution in [3.05, 3.63) is 29.1 Å². The lowest BCUT2D eigenvalue weighted by Gasteiger charge is -2.24. The molecule has 0 N–H and O–H groups in total. The van der Waals surface area contributed by atoms with Gasteiger partial charge < -0.3 is 0 Å². The molecule has 0 unspecified atom stereocenters. The first kappa shape index (κ1) is 16.4. The van der Waals surface area contributed by atoms with Crippen LogP contribution in [0.1, 0.15) is 44.2 Å². The van der Waals surface area contributed by atoms with Crippen LogP contribution in [0.2, 0.25) is 0 Å². The molecule has 5 heteroatoms. The summed E-state index contributed by atoms with van der Waals surface area (Å²) in [6.07, 6.45) is 2.75. The molecule has 0 spiro atoms. The lowest BCUT2D eigenvalue weighted by molar-refractivity contribution is 0.314. The molecule has 0 amide bonds. The molecule has 0 radical (unpaired) electrons. The van der Waals surface area contributed by atoms with Gasteiger partial charge in [0, 0.05) is 13.1 Å². The normalized spacial score (nSPS) is 20.2. The topological polar surface area (TPSA) is 37.4 Å². The Balaban J connectivity index is 2.39. The van der Waals surface area contributed by atoms with Crippen molar-refractivity contribution < 1.29 is 12.8 Å². The first-order valence-electron chi connectivity index (χ1n) is 7.40. The molecule has 1 aliphatic heterocycles. The number of hydrogen-bond acceptors (Lipinski definition) is 2. The molecule has 0 bridgehead atoms. The van der Waals surface area contributed by atoms with Gasteiger partial charge in [-0.25, -0.2) is 12.8 Å². The quantitative estimate of drug-likeness (QED) is 0.836. The third kappa shape index (κ3) is 3.46. The van der Waals surface area contributed by atoms with E-state index in [4.69, 9.17) is 0 Å². The van der Waals surface area contributed by atoms with Gasteiger partial charge in [0.2, 0.25) is 10.0 Å². The van der Waals surface area contributed by atoms with E-state index in [1.165, 1.54) is 12.1 Å². The van der Waals surface area contributed by atoms with E-state index in [1.807, 2.05) is 0 Å². The summed E-state index contributed by atoms with van der Waals surface area (Å²) in [5.74, 6) is -0.388. The molecule has 1 saturated heterocycles. The van der Waals surface area contributed by atoms with E-state index < -0.39 is 10.0 Å². The van der Waals surface area contributed by atoms with Gasteiger partial charge in [-0.2, -0.15) is 4.31 Å². The van der Waals surface area contributed by atoms with E-state index >= 15 is 0 Å². The molecule has 0 aliphatic carbocycles. The zero-order chi connectivity index (χ0) is 15.8. The molecule has 0 aromatic heterocycles. The largest absolute Gasteiger partial charge is 0.243 e. The fraction of sp³-hybridized carbons (Fsp3) is 0.625. The standard InChI is InChI=1S/C16H24FNO2S/c1-12-10-14(17)11-13(2)15(12)21(19,20)18-8-5-6-16(3,4)7-9-18/h10-11H,5-9H2,1-4H3. The van der Waals surface area contributed by atoms with E-state index in [9.17, 15) is 12.8 Å². The van der Waals surface area contributed by atoms with Crippen LogP contribution in [0, 0.1) is 25.1 Å². The molecule has 0 atom stereocenters. The fourth-order valence-electron chi connectivity index (χ4n) is 3.07. The highest BCUT2D eigenvalue weighted by molar-refractivity contribution is 7.89. The molecular formula is C16H24FNO2S. The van der Waals surface area contributed by atoms with Crippen molar-refractivity contribution in [2.45, 2.75) is 51.9 Å². The summed E-state index contributed by atoms with van der Waals surface area (Å²) in [6, 6.07) is 2.59. The van der Waals surface area contributed by atoms with Crippen molar-refractivity contribution >= 4 is 10.0 Å². The Morgan fingerprint density at radius 3 is 2.24 bits per heavy atom. The van der Waals surface area contributed by atoms with Gasteiger partial charge in [-0.1, -0.05) is 13.8 Å². The van der Waals surface area contributed by atoms with Crippen LogP contribution in [-0.4, -0.2) is 25.8 Å². The fourth-order valence-corrected chi connectivity index (χ4v) is 4.96. The van der Waals surface area contributed by atoms with Gasteiger partial charge in [0.25, 0.3) is 0 Å². The molecule has 1 aliphatic rings. The van der Waals surface area contributed by atoms with Gasteiger partial charge in [-0.15, -0.1) is 0 Å². The first-order valence-corrected chi connectivity index (χ1v) is 8.84. The summed E-state index contributed by atoms with van der Waals surface area (Å²) in [6.45, 7) is 8.75. The minimum Gasteiger partial charge on any atom is -0.207 e. The van der Waals surface area contributed by atoms with Crippen LogP contribution >= 0.6 is 0 Å². The predicted octanol–water partition coefficient (Wildman–Crippen LogP) is 3.64. The highest BCUT2D eigenvalue weighted by Crippen LogP contribution is 2.33. The third-order valence-electron chi connectivity index (χ3n) is 4.32. The molecule has 0 saturated carbocycles. The zero-order valence-electron chi connectivity index (χ0n) is 13.2. The second-order valence-electron chi connectivity index (χ2n) is 6.79. The molecule has 1 heterocycles. The van der Waals surface area contributed by atoms with Crippen LogP contribution in [0.3, 0.4) is 0 Å². The maximum atomic E-state index is 13.4. The van der Waals surface area contributed by atoms with Crippen molar-refractivity contribution in [3.8, 4) is 0 Å². The summed E-state index contributed by atoms with van der Waals surface area (Å²) in [4.78, 5) is 0.267. The summed E-state index contributed by atoms with van der Waals surface area (Å²) in [7, 11) is -3.55. The number of sulfonamides is 1. The minimum atomic E-state index is -3.55. The predicted molar refractivity (Wildman–Crippen MR) is 82.3 cm³/mol. The highest BCUT2D eigenvalue weighted by Gasteiger charge is 2.32. The summed E-state index contributed by atoms with van der Waals surface area (Å²) < 4.78 is 40.8. The Bertz CT molecular complexity index is 615. The van der Waals surface area contributed by atoms with Gasteiger partial charge in [0.05, 0.1) is 4.90 Å². The Morgan fingerprint density at radius 2 is 1.67 bits per heavy atom. The number of hydrogen-bond donors (Lipinski definition) is 0. The van der Waals surface area contributed by atoms with Crippen molar-refractivity contribution in [1.82, 2.24) is 4.31 Å². The van der Waals surface area contributed by atoms with Crippen LogP contribution in [0.15, 0.2) is 17.0 Å². The zero-order valence-corrected chi connectivity index (χ0v) is 14.1. The van der Waals surface area contributed by atoms with Crippen LogP contribution in [0.4, 0.5) is 4.39 Å². The van der Waals surface area contributed by atoms with E-state index in [-0.39, 0.29) is 16.1 Å². The molecule has 21 heavy (non-hydrogen) atoms. The Hall–Kier alpha value is -0.940. The summed E-state index contributed by atoms with van der Waals surface area (Å²) in [5.41, 5.74) is 1.14. The molecule has 1 aromatic carbocycles. The second-order valence-corrected chi connectivity index (χ2v) is 8.67. The number of benzene rings is 1. The molecule has 1 aromatic rings. The van der Waals surface area contributed by atoms with E-state index in [0.717, 1.165) is 19.3 Å². The SMILES string of the molecule is Cc1cc(F)cc(C)c1S(=O)(=O)N1CCCC(C)(C)CC1. The number of nitrogens with zero attached hydrogens (tertiary/aromatic N) is 1. The van der Waals surface area contributed by atoms with Gasteiger partial charge in [0.1, 0.15) is 5.82 Å². The average Bonchev–Trinajstić information content (AvgIpc) is 2.48. The lowest BCUT2D eigenvalue weighted by Crippen LogP contribution is -2.33. The maximum Gasteiger partial charge on any atom is 0.243 e. The van der Waals surface area contributed by atoms with Crippen molar-refractivity contribution in [1.29, 1.82) is 0 Å². The van der Waals surface area contributed by atoms with Gasteiger partial charge in [-0.05, 0) is 61.8 Å². The number of aryl methyl sites for hydroxylation is 2. The van der Waals surface area contributed by atoms with Crippen molar-refractivity contribution in [2.24, 2.45) is 5.41 Å². The van der Waals surface area contributed by atoms with Gasteiger partial charge in [0.15, 0.2) is 0 Å². The molecule has 1 fully saturated rings. The number of halogens is 1. The van der Waals surface area contributed by atoms with E-state index in [2.05, 4.69) is 13.8 Å². The van der Waals surface area contributed by atoms with E-state index in [0.29, 0.717) is 24.2 Å². The van der Waals surface area contributed by atoms with Gasteiger partial charge in [-0.3, -0.25) is 0 Å². The highest BCUT2D eigenvalue weighted by atomic mass is 32.2. The molecule has 3 nitrogen and oxygen atoms in total. The third-order valence-corrected chi connectivity index (χ3v) is 6.53. The van der Waals surface area contributed by atoms with Gasteiger partial charge >= 0.3 is 0 Å². The summed E-state index contributed by atoms with van der Waals surface area (Å²) >= 11 is 0. The van der Waals surface area contributed by atoms with Crippen molar-refractivity contribution in [2.75, 3.05) is 13.1 Å². The Labute approximate surface area is 127 Å². The van der Waals surface area contributed by atoms with Crippen LogP contribution in [0.5, 0.6) is 0 Å². The average molecular weight is 313 g/mol. The van der Waals surface area contributed by atoms with E-state index in [1.54, 1.807) is 18.2 Å². The maximum absolute atomic E-state index is 13.4. The molecule has 2 rings (SSSR count). The molecular weight excluding hydrogens is 289 g/mol. The van der Waals surface area contributed by atoms with Crippen molar-refractivity contribution in [3.63, 3.8) is 0 Å². The lowest BCUT2D eigenvalue weighted by atomic mass is 9.85. The minimum absolute atomic E-state index is 0.178. The Kier molecular flexibility index (Phi) is 4.45. The molecule has 118 valence electrons. The van der Waals surface area contributed by atoms with Crippen LogP contribution in [0.25, 0.3) is 0 Å². The Morgan fingerprint density at radius 1 is 1.10 bits per heavy atom. The monoisotopic (exact) mass is 313 g/mol. The van der Waals surface area contributed by atoms with Crippen LogP contribution < -0.4 is 0 Å². The smallest absolute Gasteiger partial charge is 0.207 e. The second kappa shape index (κ2) is 5.69. The summed E-state index contributed by atoms with van der Waals surface area (Å²) in [5, 5.41) is 0. The number of rotatable bonds is 2. The first-order chi connectivity index (χ1) is 9.63.